The van der Waals surface area contributed by atoms with E-state index >= 15 is 0 Å². The molecule has 1 heterocycles. The van der Waals surface area contributed by atoms with Gasteiger partial charge in [-0.15, -0.1) is 0 Å². The summed E-state index contributed by atoms with van der Waals surface area (Å²) >= 11 is 0. The number of rotatable bonds is 1. The number of aromatic nitrogens is 1. The van der Waals surface area contributed by atoms with Crippen molar-refractivity contribution in [3.05, 3.63) is 29.5 Å². The monoisotopic (exact) mass is 221 g/mol. The summed E-state index contributed by atoms with van der Waals surface area (Å²) in [6.45, 7) is 1.76. The van der Waals surface area contributed by atoms with E-state index in [1.165, 1.54) is 12.1 Å². The van der Waals surface area contributed by atoms with Gasteiger partial charge in [-0.2, -0.15) is 0 Å². The molecule has 5 nitrogen and oxygen atoms in total. The predicted molar refractivity (Wildman–Crippen MR) is 57.0 cm³/mol. The first-order valence-electron chi connectivity index (χ1n) is 4.69. The molecule has 0 bridgehead atoms. The lowest BCUT2D eigenvalue weighted by Crippen LogP contribution is -2.00. The van der Waals surface area contributed by atoms with Gasteiger partial charge in [-0.25, -0.2) is 4.98 Å². The zero-order valence-corrected chi connectivity index (χ0v) is 8.55. The maximum absolute atomic E-state index is 9.61. The lowest BCUT2D eigenvalue weighted by molar-refractivity contribution is -0.0456. The van der Waals surface area contributed by atoms with E-state index in [1.807, 2.05) is 0 Å². The molecule has 2 aromatic rings. The minimum Gasteiger partial charge on any atom is -0.504 e. The lowest BCUT2D eigenvalue weighted by Gasteiger charge is -2.09. The Morgan fingerprint density at radius 1 is 1.19 bits per heavy atom. The zero-order chi connectivity index (χ0) is 11.9. The summed E-state index contributed by atoms with van der Waals surface area (Å²) in [6.07, 6.45) is -1.70. The second-order valence-corrected chi connectivity index (χ2v) is 3.57. The van der Waals surface area contributed by atoms with Gasteiger partial charge in [0.25, 0.3) is 0 Å². The quantitative estimate of drug-likeness (QED) is 0.424. The standard InChI is InChI=1S/C11H11NO4/c1-5-4-7(11(15)16)12-9-6(5)2-3-8(13)10(9)14/h2-4,11,13-16H,1H3. The molecule has 0 aliphatic heterocycles. The van der Waals surface area contributed by atoms with Crippen LogP contribution in [0.5, 0.6) is 11.5 Å². The van der Waals surface area contributed by atoms with Crippen LogP contribution in [0.2, 0.25) is 0 Å². The van der Waals surface area contributed by atoms with E-state index in [4.69, 9.17) is 10.2 Å². The first-order valence-corrected chi connectivity index (χ1v) is 4.69. The number of benzene rings is 1. The second kappa shape index (κ2) is 3.62. The van der Waals surface area contributed by atoms with Crippen LogP contribution >= 0.6 is 0 Å². The van der Waals surface area contributed by atoms with Crippen molar-refractivity contribution in [2.45, 2.75) is 13.2 Å². The molecule has 0 atom stereocenters. The Morgan fingerprint density at radius 3 is 2.50 bits per heavy atom. The molecule has 2 rings (SSSR count). The number of hydrogen-bond donors (Lipinski definition) is 4. The first kappa shape index (κ1) is 10.7. The van der Waals surface area contributed by atoms with Gasteiger partial charge in [0.2, 0.25) is 0 Å². The molecular weight excluding hydrogens is 210 g/mol. The van der Waals surface area contributed by atoms with Gasteiger partial charge in [-0.3, -0.25) is 0 Å². The van der Waals surface area contributed by atoms with Crippen molar-refractivity contribution in [1.29, 1.82) is 0 Å². The summed E-state index contributed by atoms with van der Waals surface area (Å²) < 4.78 is 0. The van der Waals surface area contributed by atoms with E-state index in [-0.39, 0.29) is 22.7 Å². The maximum atomic E-state index is 9.61. The molecule has 0 fully saturated rings. The zero-order valence-electron chi connectivity index (χ0n) is 8.55. The van der Waals surface area contributed by atoms with E-state index in [0.29, 0.717) is 5.39 Å². The predicted octanol–water partition coefficient (Wildman–Crippen LogP) is 0.938. The highest BCUT2D eigenvalue weighted by Crippen LogP contribution is 2.34. The summed E-state index contributed by atoms with van der Waals surface area (Å²) in [7, 11) is 0. The van der Waals surface area contributed by atoms with Crippen molar-refractivity contribution >= 4 is 10.9 Å². The van der Waals surface area contributed by atoms with Crippen LogP contribution in [0.3, 0.4) is 0 Å². The van der Waals surface area contributed by atoms with Gasteiger partial charge in [0.15, 0.2) is 17.8 Å². The largest absolute Gasteiger partial charge is 0.504 e. The van der Waals surface area contributed by atoms with E-state index in [2.05, 4.69) is 4.98 Å². The Hall–Kier alpha value is -1.85. The highest BCUT2D eigenvalue weighted by Gasteiger charge is 2.13. The molecule has 0 amide bonds. The highest BCUT2D eigenvalue weighted by molar-refractivity contribution is 5.89. The third-order valence-corrected chi connectivity index (χ3v) is 2.42. The summed E-state index contributed by atoms with van der Waals surface area (Å²) in [5.74, 6) is -0.646. The van der Waals surface area contributed by atoms with Crippen molar-refractivity contribution < 1.29 is 20.4 Å². The molecule has 16 heavy (non-hydrogen) atoms. The Labute approximate surface area is 91.2 Å². The van der Waals surface area contributed by atoms with Crippen molar-refractivity contribution in [2.24, 2.45) is 0 Å². The van der Waals surface area contributed by atoms with Crippen LogP contribution in [-0.4, -0.2) is 25.4 Å². The van der Waals surface area contributed by atoms with Crippen LogP contribution < -0.4 is 0 Å². The number of pyridine rings is 1. The molecule has 0 aliphatic rings. The average Bonchev–Trinajstić information content (AvgIpc) is 2.23. The molecule has 0 aliphatic carbocycles. The van der Waals surface area contributed by atoms with Crippen LogP contribution in [0.15, 0.2) is 18.2 Å². The molecule has 1 aromatic carbocycles. The molecule has 0 spiro atoms. The average molecular weight is 221 g/mol. The molecule has 84 valence electrons. The smallest absolute Gasteiger partial charge is 0.196 e. The fraction of sp³-hybridized carbons (Fsp3) is 0.182. The van der Waals surface area contributed by atoms with Gasteiger partial charge in [-0.05, 0) is 30.7 Å². The number of aliphatic hydroxyl groups is 2. The molecule has 4 N–H and O–H groups in total. The number of phenolic OH excluding ortho intramolecular Hbond substituents is 2. The van der Waals surface area contributed by atoms with Crippen LogP contribution in [0.4, 0.5) is 0 Å². The van der Waals surface area contributed by atoms with Gasteiger partial charge in [0.1, 0.15) is 5.52 Å². The van der Waals surface area contributed by atoms with Crippen LogP contribution in [0.1, 0.15) is 17.5 Å². The van der Waals surface area contributed by atoms with Gasteiger partial charge < -0.3 is 20.4 Å². The third-order valence-electron chi connectivity index (χ3n) is 2.42. The molecule has 0 saturated heterocycles. The fourth-order valence-electron chi connectivity index (χ4n) is 1.59. The van der Waals surface area contributed by atoms with E-state index in [1.54, 1.807) is 13.0 Å². The highest BCUT2D eigenvalue weighted by atomic mass is 16.5. The molecule has 0 saturated carbocycles. The maximum Gasteiger partial charge on any atom is 0.196 e. The summed E-state index contributed by atoms with van der Waals surface area (Å²) in [6, 6.07) is 4.49. The van der Waals surface area contributed by atoms with E-state index in [0.717, 1.165) is 5.56 Å². The number of aryl methyl sites for hydroxylation is 1. The Balaban J connectivity index is 2.83. The minimum absolute atomic E-state index is 0.0332. The molecule has 0 unspecified atom stereocenters. The number of aromatic hydroxyl groups is 2. The minimum atomic E-state index is -1.70. The lowest BCUT2D eigenvalue weighted by atomic mass is 10.1. The third kappa shape index (κ3) is 1.56. The van der Waals surface area contributed by atoms with Crippen molar-refractivity contribution in [3.8, 4) is 11.5 Å². The number of fused-ring (bicyclic) bond motifs is 1. The number of nitrogens with zero attached hydrogens (tertiary/aromatic N) is 1. The SMILES string of the molecule is Cc1cc(C(O)O)nc2c(O)c(O)ccc12. The van der Waals surface area contributed by atoms with Crippen LogP contribution in [0, 0.1) is 6.92 Å². The molecule has 1 aromatic heterocycles. The topological polar surface area (TPSA) is 93.8 Å². The number of aliphatic hydroxyl groups excluding tert-OH is 1. The Bertz CT molecular complexity index is 551. The summed E-state index contributed by atoms with van der Waals surface area (Å²) in [5, 5.41) is 37.6. The second-order valence-electron chi connectivity index (χ2n) is 3.57. The normalized spacial score (nSPS) is 11.2. The Kier molecular flexibility index (Phi) is 2.41. The van der Waals surface area contributed by atoms with E-state index in [9.17, 15) is 10.2 Å². The number of hydrogen-bond acceptors (Lipinski definition) is 5. The molecule has 5 heteroatoms. The summed E-state index contributed by atoms with van der Waals surface area (Å²) in [4.78, 5) is 3.89. The fourth-order valence-corrected chi connectivity index (χ4v) is 1.59. The first-order chi connectivity index (χ1) is 7.50. The van der Waals surface area contributed by atoms with Crippen LogP contribution in [0.25, 0.3) is 10.9 Å². The van der Waals surface area contributed by atoms with Gasteiger partial charge in [0, 0.05) is 5.39 Å². The van der Waals surface area contributed by atoms with E-state index < -0.39 is 6.29 Å². The molecule has 0 radical (unpaired) electrons. The number of phenols is 2. The van der Waals surface area contributed by atoms with Crippen LogP contribution in [-0.2, 0) is 0 Å². The Morgan fingerprint density at radius 2 is 1.88 bits per heavy atom. The van der Waals surface area contributed by atoms with Gasteiger partial charge >= 0.3 is 0 Å². The van der Waals surface area contributed by atoms with Gasteiger partial charge in [0.05, 0.1) is 5.69 Å². The summed E-state index contributed by atoms with van der Waals surface area (Å²) in [5.41, 5.74) is 0.928. The molecular formula is C11H11NO4. The van der Waals surface area contributed by atoms with Crippen molar-refractivity contribution in [3.63, 3.8) is 0 Å². The van der Waals surface area contributed by atoms with Crippen molar-refractivity contribution in [1.82, 2.24) is 4.98 Å². The van der Waals surface area contributed by atoms with Gasteiger partial charge in [-0.1, -0.05) is 0 Å². The van der Waals surface area contributed by atoms with Crippen molar-refractivity contribution in [2.75, 3.05) is 0 Å².